The molecule has 130 valence electrons. The molecule has 0 aliphatic carbocycles. The third kappa shape index (κ3) is 3.23. The highest BCUT2D eigenvalue weighted by atomic mass is 35.5. The Hall–Kier alpha value is -2.64. The standard InChI is InChI=1S/C18H15ClN6S/c1-13-16(17(19)24(21-13)14-8-4-2-5-9-14)12-26-18-20-22-23-25(18)15-10-6-3-7-11-15/h2-11H,12H2,1H3. The van der Waals surface area contributed by atoms with Crippen molar-refractivity contribution in [3.05, 3.63) is 77.1 Å². The molecular formula is C18H15ClN6S. The van der Waals surface area contributed by atoms with Crippen LogP contribution in [0.1, 0.15) is 11.3 Å². The first-order chi connectivity index (χ1) is 12.7. The van der Waals surface area contributed by atoms with Crippen LogP contribution in [0.4, 0.5) is 0 Å². The van der Waals surface area contributed by atoms with Gasteiger partial charge in [-0.2, -0.15) is 9.78 Å². The summed E-state index contributed by atoms with van der Waals surface area (Å²) >= 11 is 8.12. The zero-order chi connectivity index (χ0) is 17.9. The molecule has 0 saturated heterocycles. The Morgan fingerprint density at radius 3 is 2.19 bits per heavy atom. The first kappa shape index (κ1) is 16.8. The summed E-state index contributed by atoms with van der Waals surface area (Å²) in [5.41, 5.74) is 3.72. The van der Waals surface area contributed by atoms with Gasteiger partial charge in [-0.15, -0.1) is 5.10 Å². The molecule has 0 unspecified atom stereocenters. The maximum Gasteiger partial charge on any atom is 0.214 e. The molecule has 0 aliphatic rings. The normalized spacial score (nSPS) is 11.0. The van der Waals surface area contributed by atoms with E-state index in [9.17, 15) is 0 Å². The minimum absolute atomic E-state index is 0.611. The van der Waals surface area contributed by atoms with Crippen molar-refractivity contribution in [3.8, 4) is 11.4 Å². The van der Waals surface area contributed by atoms with Gasteiger partial charge in [-0.25, -0.2) is 4.68 Å². The summed E-state index contributed by atoms with van der Waals surface area (Å²) in [5, 5.41) is 17.9. The van der Waals surface area contributed by atoms with E-state index in [1.807, 2.05) is 67.6 Å². The Balaban J connectivity index is 1.59. The van der Waals surface area contributed by atoms with Crippen molar-refractivity contribution in [1.29, 1.82) is 0 Å². The SMILES string of the molecule is Cc1nn(-c2ccccc2)c(Cl)c1CSc1nnnn1-c1ccccc1. The smallest absolute Gasteiger partial charge is 0.214 e. The Kier molecular flexibility index (Phi) is 4.73. The lowest BCUT2D eigenvalue weighted by Crippen LogP contribution is -1.99. The fourth-order valence-electron chi connectivity index (χ4n) is 2.57. The Bertz CT molecular complexity index is 1010. The van der Waals surface area contributed by atoms with E-state index in [0.717, 1.165) is 22.6 Å². The van der Waals surface area contributed by atoms with E-state index >= 15 is 0 Å². The number of hydrogen-bond donors (Lipinski definition) is 0. The van der Waals surface area contributed by atoms with Crippen LogP contribution in [-0.4, -0.2) is 30.0 Å². The van der Waals surface area contributed by atoms with Gasteiger partial charge in [0.25, 0.3) is 0 Å². The number of rotatable bonds is 5. The van der Waals surface area contributed by atoms with Crippen LogP contribution in [0, 0.1) is 6.92 Å². The number of halogens is 1. The third-order valence-electron chi connectivity index (χ3n) is 3.91. The zero-order valence-electron chi connectivity index (χ0n) is 14.0. The van der Waals surface area contributed by atoms with Gasteiger partial charge in [-0.05, 0) is 41.6 Å². The van der Waals surface area contributed by atoms with E-state index in [2.05, 4.69) is 20.6 Å². The summed E-state index contributed by atoms with van der Waals surface area (Å²) in [6, 6.07) is 19.6. The summed E-state index contributed by atoms with van der Waals surface area (Å²) in [7, 11) is 0. The van der Waals surface area contributed by atoms with Crippen LogP contribution >= 0.6 is 23.4 Å². The summed E-state index contributed by atoms with van der Waals surface area (Å²) in [5.74, 6) is 0.630. The number of thioether (sulfide) groups is 1. The molecule has 0 bridgehead atoms. The minimum atomic E-state index is 0.611. The second-order valence-electron chi connectivity index (χ2n) is 5.60. The highest BCUT2D eigenvalue weighted by Crippen LogP contribution is 2.30. The largest absolute Gasteiger partial charge is 0.222 e. The average molecular weight is 383 g/mol. The molecule has 8 heteroatoms. The van der Waals surface area contributed by atoms with Gasteiger partial charge in [0.1, 0.15) is 5.15 Å². The molecule has 0 aliphatic heterocycles. The number of para-hydroxylation sites is 2. The Morgan fingerprint density at radius 1 is 0.923 bits per heavy atom. The van der Waals surface area contributed by atoms with Gasteiger partial charge in [-0.1, -0.05) is 59.8 Å². The maximum absolute atomic E-state index is 6.59. The first-order valence-electron chi connectivity index (χ1n) is 8.00. The van der Waals surface area contributed by atoms with Crippen molar-refractivity contribution in [2.45, 2.75) is 17.8 Å². The second kappa shape index (κ2) is 7.31. The van der Waals surface area contributed by atoms with E-state index < -0.39 is 0 Å². The number of nitrogens with zero attached hydrogens (tertiary/aromatic N) is 6. The number of aryl methyl sites for hydroxylation is 1. The van der Waals surface area contributed by atoms with Crippen LogP contribution in [0.5, 0.6) is 0 Å². The van der Waals surface area contributed by atoms with E-state index in [0.29, 0.717) is 16.1 Å². The van der Waals surface area contributed by atoms with Gasteiger partial charge in [0.05, 0.1) is 17.1 Å². The molecule has 2 heterocycles. The summed E-state index contributed by atoms with van der Waals surface area (Å²) in [6.45, 7) is 1.96. The topological polar surface area (TPSA) is 61.4 Å². The summed E-state index contributed by atoms with van der Waals surface area (Å²) < 4.78 is 3.47. The second-order valence-corrected chi connectivity index (χ2v) is 6.90. The summed E-state index contributed by atoms with van der Waals surface area (Å²) in [6.07, 6.45) is 0. The van der Waals surface area contributed by atoms with E-state index in [-0.39, 0.29) is 0 Å². The Labute approximate surface area is 159 Å². The molecule has 4 aromatic rings. The molecule has 0 radical (unpaired) electrons. The van der Waals surface area contributed by atoms with Crippen molar-refractivity contribution in [2.24, 2.45) is 0 Å². The molecule has 2 aromatic heterocycles. The molecule has 26 heavy (non-hydrogen) atoms. The number of tetrazole rings is 1. The van der Waals surface area contributed by atoms with Gasteiger partial charge in [-0.3, -0.25) is 0 Å². The third-order valence-corrected chi connectivity index (χ3v) is 5.24. The molecule has 6 nitrogen and oxygen atoms in total. The number of hydrogen-bond acceptors (Lipinski definition) is 5. The van der Waals surface area contributed by atoms with Crippen LogP contribution in [0.15, 0.2) is 65.8 Å². The van der Waals surface area contributed by atoms with Crippen LogP contribution in [0.25, 0.3) is 11.4 Å². The lowest BCUT2D eigenvalue weighted by Gasteiger charge is -2.05. The monoisotopic (exact) mass is 382 g/mol. The van der Waals surface area contributed by atoms with E-state index in [4.69, 9.17) is 11.6 Å². The van der Waals surface area contributed by atoms with Crippen molar-refractivity contribution < 1.29 is 0 Å². The van der Waals surface area contributed by atoms with E-state index in [1.165, 1.54) is 11.8 Å². The van der Waals surface area contributed by atoms with Crippen molar-refractivity contribution in [2.75, 3.05) is 0 Å². The lowest BCUT2D eigenvalue weighted by atomic mass is 10.3. The average Bonchev–Trinajstić information content (AvgIpc) is 3.26. The minimum Gasteiger partial charge on any atom is -0.222 e. The fourth-order valence-corrected chi connectivity index (χ4v) is 3.97. The van der Waals surface area contributed by atoms with Crippen molar-refractivity contribution in [3.63, 3.8) is 0 Å². The maximum atomic E-state index is 6.59. The highest BCUT2D eigenvalue weighted by Gasteiger charge is 2.17. The molecule has 0 amide bonds. The van der Waals surface area contributed by atoms with Gasteiger partial charge in [0, 0.05) is 11.3 Å². The van der Waals surface area contributed by atoms with Gasteiger partial charge in [0.2, 0.25) is 5.16 Å². The zero-order valence-corrected chi connectivity index (χ0v) is 15.5. The molecule has 0 atom stereocenters. The lowest BCUT2D eigenvalue weighted by molar-refractivity contribution is 0.756. The fraction of sp³-hybridized carbons (Fsp3) is 0.111. The first-order valence-corrected chi connectivity index (χ1v) is 9.36. The van der Waals surface area contributed by atoms with Crippen LogP contribution < -0.4 is 0 Å². The predicted molar refractivity (Wildman–Crippen MR) is 102 cm³/mol. The highest BCUT2D eigenvalue weighted by molar-refractivity contribution is 7.98. The number of benzene rings is 2. The Morgan fingerprint density at radius 2 is 1.54 bits per heavy atom. The summed E-state index contributed by atoms with van der Waals surface area (Å²) in [4.78, 5) is 0. The quantitative estimate of drug-likeness (QED) is 0.486. The van der Waals surface area contributed by atoms with Gasteiger partial charge in [0.15, 0.2) is 0 Å². The predicted octanol–water partition coefficient (Wildman–Crippen LogP) is 4.10. The van der Waals surface area contributed by atoms with Crippen LogP contribution in [-0.2, 0) is 5.75 Å². The molecule has 0 fully saturated rings. The van der Waals surface area contributed by atoms with Crippen LogP contribution in [0.3, 0.4) is 0 Å². The molecular weight excluding hydrogens is 368 g/mol. The van der Waals surface area contributed by atoms with E-state index in [1.54, 1.807) is 9.36 Å². The molecule has 0 saturated carbocycles. The molecule has 0 N–H and O–H groups in total. The van der Waals surface area contributed by atoms with Crippen LogP contribution in [0.2, 0.25) is 5.15 Å². The molecule has 0 spiro atoms. The van der Waals surface area contributed by atoms with Gasteiger partial charge >= 0.3 is 0 Å². The van der Waals surface area contributed by atoms with Crippen molar-refractivity contribution in [1.82, 2.24) is 30.0 Å². The van der Waals surface area contributed by atoms with Gasteiger partial charge < -0.3 is 0 Å². The molecule has 4 rings (SSSR count). The van der Waals surface area contributed by atoms with Crippen molar-refractivity contribution >= 4 is 23.4 Å². The number of aromatic nitrogens is 6. The molecule has 2 aromatic carbocycles.